The largest absolute Gasteiger partial charge is 0.481 e. The lowest BCUT2D eigenvalue weighted by molar-refractivity contribution is -0.137. The van der Waals surface area contributed by atoms with E-state index in [0.29, 0.717) is 12.3 Å². The topological polar surface area (TPSA) is 40.5 Å². The molecule has 1 saturated heterocycles. The van der Waals surface area contributed by atoms with Crippen LogP contribution < -0.4 is 0 Å². The number of carboxylic acids is 1. The van der Waals surface area contributed by atoms with Crippen molar-refractivity contribution in [1.29, 1.82) is 0 Å². The first-order chi connectivity index (χ1) is 6.59. The Kier molecular flexibility index (Phi) is 4.69. The summed E-state index contributed by atoms with van der Waals surface area (Å²) >= 11 is 5.96. The minimum Gasteiger partial charge on any atom is -0.481 e. The van der Waals surface area contributed by atoms with Crippen molar-refractivity contribution in [3.8, 4) is 0 Å². The van der Waals surface area contributed by atoms with E-state index in [-0.39, 0.29) is 5.50 Å². The Bertz CT molecular complexity index is 189. The Hall–Kier alpha value is -0.280. The van der Waals surface area contributed by atoms with Gasteiger partial charge in [0.1, 0.15) is 0 Å². The zero-order chi connectivity index (χ0) is 10.6. The minimum atomic E-state index is -0.682. The monoisotopic (exact) mass is 219 g/mol. The van der Waals surface area contributed by atoms with Crippen molar-refractivity contribution in [2.45, 2.75) is 38.1 Å². The second-order valence-corrected chi connectivity index (χ2v) is 4.62. The number of rotatable bonds is 4. The van der Waals surface area contributed by atoms with Crippen LogP contribution in [-0.2, 0) is 4.79 Å². The molecule has 0 saturated carbocycles. The molecule has 0 aromatic heterocycles. The standard InChI is InChI=1S/C10H18ClNO2/c1-8(11)12-6-4-9(5-7-12)2-3-10(13)14/h8-9H,2-7H2,1H3,(H,13,14). The molecule has 1 fully saturated rings. The van der Waals surface area contributed by atoms with Crippen molar-refractivity contribution in [2.75, 3.05) is 13.1 Å². The number of likely N-dealkylation sites (tertiary alicyclic amines) is 1. The van der Waals surface area contributed by atoms with E-state index in [1.807, 2.05) is 6.92 Å². The van der Waals surface area contributed by atoms with Gasteiger partial charge in [-0.05, 0) is 45.2 Å². The van der Waals surface area contributed by atoms with Gasteiger partial charge in [0.2, 0.25) is 0 Å². The average Bonchev–Trinajstić information content (AvgIpc) is 2.15. The van der Waals surface area contributed by atoms with Gasteiger partial charge in [0, 0.05) is 6.42 Å². The molecule has 1 aliphatic heterocycles. The number of halogens is 1. The molecule has 1 unspecified atom stereocenters. The van der Waals surface area contributed by atoms with Crippen molar-refractivity contribution >= 4 is 17.6 Å². The average molecular weight is 220 g/mol. The van der Waals surface area contributed by atoms with Gasteiger partial charge in [0.05, 0.1) is 5.50 Å². The lowest BCUT2D eigenvalue weighted by atomic mass is 9.92. The molecule has 0 aromatic rings. The number of piperidine rings is 1. The highest BCUT2D eigenvalue weighted by atomic mass is 35.5. The molecule has 14 heavy (non-hydrogen) atoms. The van der Waals surface area contributed by atoms with E-state index in [4.69, 9.17) is 16.7 Å². The Morgan fingerprint density at radius 3 is 2.57 bits per heavy atom. The molecule has 0 aliphatic carbocycles. The highest BCUT2D eigenvalue weighted by Crippen LogP contribution is 2.23. The van der Waals surface area contributed by atoms with Crippen molar-refractivity contribution in [1.82, 2.24) is 4.90 Å². The SMILES string of the molecule is CC(Cl)N1CCC(CCC(=O)O)CC1. The first kappa shape index (κ1) is 11.8. The molecule has 1 aliphatic rings. The van der Waals surface area contributed by atoms with Gasteiger partial charge in [-0.15, -0.1) is 11.6 Å². The lowest BCUT2D eigenvalue weighted by Gasteiger charge is -2.33. The van der Waals surface area contributed by atoms with Crippen molar-refractivity contribution in [2.24, 2.45) is 5.92 Å². The highest BCUT2D eigenvalue weighted by molar-refractivity contribution is 6.20. The maximum absolute atomic E-state index is 10.4. The highest BCUT2D eigenvalue weighted by Gasteiger charge is 2.21. The van der Waals surface area contributed by atoms with Gasteiger partial charge in [-0.1, -0.05) is 0 Å². The molecule has 0 bridgehead atoms. The molecule has 4 heteroatoms. The zero-order valence-corrected chi connectivity index (χ0v) is 9.33. The number of hydrogen-bond acceptors (Lipinski definition) is 2. The van der Waals surface area contributed by atoms with Gasteiger partial charge in [0.15, 0.2) is 0 Å². The number of nitrogens with zero attached hydrogens (tertiary/aromatic N) is 1. The maximum atomic E-state index is 10.4. The van der Waals surface area contributed by atoms with Crippen molar-refractivity contribution in [3.05, 3.63) is 0 Å². The van der Waals surface area contributed by atoms with Gasteiger partial charge in [-0.25, -0.2) is 0 Å². The molecule has 0 aromatic carbocycles. The van der Waals surface area contributed by atoms with Gasteiger partial charge in [0.25, 0.3) is 0 Å². The van der Waals surface area contributed by atoms with E-state index < -0.39 is 5.97 Å². The number of carboxylic acid groups (broad SMARTS) is 1. The van der Waals surface area contributed by atoms with Crippen LogP contribution in [0.15, 0.2) is 0 Å². The van der Waals surface area contributed by atoms with Crippen LogP contribution in [0.1, 0.15) is 32.6 Å². The summed E-state index contributed by atoms with van der Waals surface area (Å²) in [6, 6.07) is 0. The molecular formula is C10H18ClNO2. The lowest BCUT2D eigenvalue weighted by Crippen LogP contribution is -2.37. The van der Waals surface area contributed by atoms with Crippen LogP contribution >= 0.6 is 11.6 Å². The third-order valence-corrected chi connectivity index (χ3v) is 3.19. The Balaban J connectivity index is 2.19. The fourth-order valence-electron chi connectivity index (χ4n) is 1.92. The van der Waals surface area contributed by atoms with Crippen LogP contribution in [-0.4, -0.2) is 34.6 Å². The third-order valence-electron chi connectivity index (χ3n) is 2.92. The van der Waals surface area contributed by atoms with Crippen LogP contribution in [0.4, 0.5) is 0 Å². The first-order valence-corrected chi connectivity index (χ1v) is 5.63. The molecule has 3 nitrogen and oxygen atoms in total. The second-order valence-electron chi connectivity index (χ2n) is 3.99. The fraction of sp³-hybridized carbons (Fsp3) is 0.900. The summed E-state index contributed by atoms with van der Waals surface area (Å²) in [4.78, 5) is 12.6. The van der Waals surface area contributed by atoms with Crippen LogP contribution in [0.5, 0.6) is 0 Å². The molecular weight excluding hydrogens is 202 g/mol. The molecule has 0 spiro atoms. The summed E-state index contributed by atoms with van der Waals surface area (Å²) < 4.78 is 0. The Morgan fingerprint density at radius 1 is 1.57 bits per heavy atom. The summed E-state index contributed by atoms with van der Waals surface area (Å²) in [7, 11) is 0. The number of aliphatic carboxylic acids is 1. The van der Waals surface area contributed by atoms with E-state index in [1.165, 1.54) is 0 Å². The van der Waals surface area contributed by atoms with E-state index in [0.717, 1.165) is 32.4 Å². The van der Waals surface area contributed by atoms with Gasteiger partial charge >= 0.3 is 5.97 Å². The Morgan fingerprint density at radius 2 is 2.14 bits per heavy atom. The van der Waals surface area contributed by atoms with Crippen LogP contribution in [0, 0.1) is 5.92 Å². The smallest absolute Gasteiger partial charge is 0.303 e. The normalized spacial score (nSPS) is 22.1. The van der Waals surface area contributed by atoms with Crippen molar-refractivity contribution in [3.63, 3.8) is 0 Å². The van der Waals surface area contributed by atoms with Gasteiger partial charge in [-0.2, -0.15) is 0 Å². The van der Waals surface area contributed by atoms with E-state index >= 15 is 0 Å². The van der Waals surface area contributed by atoms with Gasteiger partial charge < -0.3 is 5.11 Å². The minimum absolute atomic E-state index is 0.107. The summed E-state index contributed by atoms with van der Waals surface area (Å²) in [5, 5.41) is 8.55. The molecule has 1 heterocycles. The summed E-state index contributed by atoms with van der Waals surface area (Å²) in [5.74, 6) is -0.101. The molecule has 1 N–H and O–H groups in total. The quantitative estimate of drug-likeness (QED) is 0.582. The summed E-state index contributed by atoms with van der Waals surface area (Å²) in [6.07, 6.45) is 3.30. The number of alkyl halides is 1. The van der Waals surface area contributed by atoms with Crippen LogP contribution in [0.25, 0.3) is 0 Å². The van der Waals surface area contributed by atoms with Crippen LogP contribution in [0.2, 0.25) is 0 Å². The zero-order valence-electron chi connectivity index (χ0n) is 8.58. The van der Waals surface area contributed by atoms with E-state index in [9.17, 15) is 4.79 Å². The molecule has 82 valence electrons. The third kappa shape index (κ3) is 3.84. The van der Waals surface area contributed by atoms with E-state index in [2.05, 4.69) is 4.90 Å². The number of carbonyl (C=O) groups is 1. The van der Waals surface area contributed by atoms with Crippen LogP contribution in [0.3, 0.4) is 0 Å². The number of hydrogen-bond donors (Lipinski definition) is 1. The molecule has 0 radical (unpaired) electrons. The molecule has 1 atom stereocenters. The van der Waals surface area contributed by atoms with E-state index in [1.54, 1.807) is 0 Å². The summed E-state index contributed by atoms with van der Waals surface area (Å²) in [6.45, 7) is 4.00. The second kappa shape index (κ2) is 5.56. The fourth-order valence-corrected chi connectivity index (χ4v) is 2.12. The van der Waals surface area contributed by atoms with Gasteiger partial charge in [-0.3, -0.25) is 9.69 Å². The Labute approximate surface area is 90.0 Å². The predicted molar refractivity (Wildman–Crippen MR) is 56.5 cm³/mol. The summed E-state index contributed by atoms with van der Waals surface area (Å²) in [5.41, 5.74) is 0.107. The maximum Gasteiger partial charge on any atom is 0.303 e. The van der Waals surface area contributed by atoms with Crippen molar-refractivity contribution < 1.29 is 9.90 Å². The molecule has 1 rings (SSSR count). The molecule has 0 amide bonds. The predicted octanol–water partition coefficient (Wildman–Crippen LogP) is 2.15. The first-order valence-electron chi connectivity index (χ1n) is 5.19.